The van der Waals surface area contributed by atoms with Gasteiger partial charge in [-0.3, -0.25) is 9.35 Å². The molecule has 0 unspecified atom stereocenters. The molecule has 0 aromatic rings. The van der Waals surface area contributed by atoms with Gasteiger partial charge in [0, 0.05) is 50.2 Å². The summed E-state index contributed by atoms with van der Waals surface area (Å²) in [6.07, 6.45) is 0.110. The van der Waals surface area contributed by atoms with Crippen LogP contribution in [0.2, 0.25) is 0 Å². The van der Waals surface area contributed by atoms with Crippen molar-refractivity contribution in [2.75, 3.05) is 56.0 Å². The Balaban J connectivity index is 3.62. The van der Waals surface area contributed by atoms with Crippen LogP contribution >= 0.6 is 22.6 Å². The average Bonchev–Trinajstić information content (AvgIpc) is 2.37. The number of carbonyl (C=O) groups is 1. The maximum atomic E-state index is 10.7. The lowest BCUT2D eigenvalue weighted by atomic mass is 10.4. The smallest absolute Gasteiger partial charge is 0.304 e. The van der Waals surface area contributed by atoms with Gasteiger partial charge in [-0.15, -0.1) is 0 Å². The molecule has 8 nitrogen and oxygen atoms in total. The first-order chi connectivity index (χ1) is 9.85. The van der Waals surface area contributed by atoms with Gasteiger partial charge >= 0.3 is 5.97 Å². The van der Waals surface area contributed by atoms with Crippen LogP contribution in [0.5, 0.6) is 0 Å². The molecule has 0 bridgehead atoms. The number of hydrogen-bond donors (Lipinski definition) is 4. The van der Waals surface area contributed by atoms with E-state index in [9.17, 15) is 13.2 Å². The van der Waals surface area contributed by atoms with E-state index in [1.807, 2.05) is 4.90 Å². The third kappa shape index (κ3) is 16.2. The van der Waals surface area contributed by atoms with E-state index in [1.165, 1.54) is 0 Å². The molecule has 0 spiro atoms. The lowest BCUT2D eigenvalue weighted by Gasteiger charge is -2.20. The van der Waals surface area contributed by atoms with Gasteiger partial charge in [-0.1, -0.05) is 22.6 Å². The van der Waals surface area contributed by atoms with Crippen LogP contribution in [0.4, 0.5) is 0 Å². The first kappa shape index (κ1) is 21.0. The second-order valence-corrected chi connectivity index (χ2v) is 7.11. The van der Waals surface area contributed by atoms with Gasteiger partial charge in [-0.2, -0.15) is 8.42 Å². The minimum atomic E-state index is -3.91. The van der Waals surface area contributed by atoms with Gasteiger partial charge in [-0.25, -0.2) is 0 Å². The standard InChI is InChI=1S/C11H24IN3O5S/c12-2-7-15(9-10-21(18,19)20)8-6-14-5-4-13-3-1-11(16)17/h13-14H,1-10H2,(H,16,17)(H,18,19,20). The largest absolute Gasteiger partial charge is 0.481 e. The maximum Gasteiger partial charge on any atom is 0.304 e. The highest BCUT2D eigenvalue weighted by atomic mass is 127. The molecule has 4 N–H and O–H groups in total. The second kappa shape index (κ2) is 12.5. The molecule has 126 valence electrons. The highest BCUT2D eigenvalue weighted by Gasteiger charge is 2.09. The zero-order chi connectivity index (χ0) is 16.1. The summed E-state index contributed by atoms with van der Waals surface area (Å²) in [6, 6.07) is 0. The van der Waals surface area contributed by atoms with Crippen molar-refractivity contribution in [3.63, 3.8) is 0 Å². The van der Waals surface area contributed by atoms with Gasteiger partial charge in [0.15, 0.2) is 0 Å². The molecule has 0 saturated carbocycles. The van der Waals surface area contributed by atoms with Crippen LogP contribution in [-0.2, 0) is 14.9 Å². The number of rotatable bonds is 14. The Hall–Kier alpha value is -0.0100. The number of carboxylic acids is 1. The predicted octanol–water partition coefficient (Wildman–Crippen LogP) is -0.735. The number of nitrogens with zero attached hydrogens (tertiary/aromatic N) is 1. The molecule has 0 amide bonds. The van der Waals surface area contributed by atoms with Crippen LogP contribution in [0.1, 0.15) is 6.42 Å². The van der Waals surface area contributed by atoms with Crippen LogP contribution in [0.3, 0.4) is 0 Å². The average molecular weight is 437 g/mol. The fourth-order valence-electron chi connectivity index (χ4n) is 1.56. The van der Waals surface area contributed by atoms with Gasteiger partial charge in [0.25, 0.3) is 10.1 Å². The van der Waals surface area contributed by atoms with Crippen molar-refractivity contribution in [2.45, 2.75) is 6.42 Å². The minimum absolute atomic E-state index is 0.110. The minimum Gasteiger partial charge on any atom is -0.481 e. The van der Waals surface area contributed by atoms with Crippen LogP contribution in [0.15, 0.2) is 0 Å². The fourth-order valence-corrected chi connectivity index (χ4v) is 2.73. The van der Waals surface area contributed by atoms with Crippen LogP contribution in [-0.4, -0.2) is 84.9 Å². The molecule has 0 heterocycles. The number of alkyl halides is 1. The van der Waals surface area contributed by atoms with Gasteiger partial charge in [0.2, 0.25) is 0 Å². The van der Waals surface area contributed by atoms with Crippen molar-refractivity contribution in [1.82, 2.24) is 15.5 Å². The third-order valence-electron chi connectivity index (χ3n) is 2.67. The SMILES string of the molecule is O=C(O)CCNCCNCCN(CCI)CCS(=O)(=O)O. The number of halogens is 1. The van der Waals surface area contributed by atoms with Crippen molar-refractivity contribution in [2.24, 2.45) is 0 Å². The Labute approximate surface area is 139 Å². The molecule has 0 rings (SSSR count). The van der Waals surface area contributed by atoms with E-state index in [0.29, 0.717) is 32.7 Å². The van der Waals surface area contributed by atoms with Gasteiger partial charge in [-0.05, 0) is 0 Å². The van der Waals surface area contributed by atoms with Crippen LogP contribution in [0, 0.1) is 0 Å². The molecular weight excluding hydrogens is 413 g/mol. The summed E-state index contributed by atoms with van der Waals surface area (Å²) in [7, 11) is -3.91. The Morgan fingerprint density at radius 1 is 1.05 bits per heavy atom. The quantitative estimate of drug-likeness (QED) is 0.122. The van der Waals surface area contributed by atoms with Crippen LogP contribution < -0.4 is 10.6 Å². The van der Waals surface area contributed by atoms with Crippen molar-refractivity contribution in [3.8, 4) is 0 Å². The number of aliphatic carboxylic acids is 1. The summed E-state index contributed by atoms with van der Waals surface area (Å²) in [6.45, 7) is 4.36. The molecule has 0 aromatic carbocycles. The molecule has 0 aliphatic carbocycles. The fraction of sp³-hybridized carbons (Fsp3) is 0.909. The summed E-state index contributed by atoms with van der Waals surface area (Å²) in [5, 5.41) is 14.6. The van der Waals surface area contributed by atoms with E-state index in [2.05, 4.69) is 33.2 Å². The zero-order valence-electron chi connectivity index (χ0n) is 11.9. The van der Waals surface area contributed by atoms with Crippen LogP contribution in [0.25, 0.3) is 0 Å². The van der Waals surface area contributed by atoms with Crippen molar-refractivity contribution < 1.29 is 22.9 Å². The highest BCUT2D eigenvalue weighted by Crippen LogP contribution is 1.93. The molecule has 0 fully saturated rings. The number of hydrogen-bond acceptors (Lipinski definition) is 6. The number of nitrogens with one attached hydrogen (secondary N) is 2. The second-order valence-electron chi connectivity index (χ2n) is 4.46. The van der Waals surface area contributed by atoms with E-state index in [1.54, 1.807) is 0 Å². The molecule has 0 saturated heterocycles. The van der Waals surface area contributed by atoms with E-state index >= 15 is 0 Å². The third-order valence-corrected chi connectivity index (χ3v) is 3.85. The highest BCUT2D eigenvalue weighted by molar-refractivity contribution is 14.1. The zero-order valence-corrected chi connectivity index (χ0v) is 14.9. The van der Waals surface area contributed by atoms with E-state index in [0.717, 1.165) is 17.5 Å². The lowest BCUT2D eigenvalue weighted by molar-refractivity contribution is -0.136. The summed E-state index contributed by atoms with van der Waals surface area (Å²) in [4.78, 5) is 12.3. The summed E-state index contributed by atoms with van der Waals surface area (Å²) < 4.78 is 31.1. The summed E-state index contributed by atoms with van der Waals surface area (Å²) in [5.41, 5.74) is 0. The molecule has 0 aromatic heterocycles. The lowest BCUT2D eigenvalue weighted by Crippen LogP contribution is -2.38. The monoisotopic (exact) mass is 437 g/mol. The summed E-state index contributed by atoms with van der Waals surface area (Å²) in [5.74, 6) is -1.07. The first-order valence-electron chi connectivity index (χ1n) is 6.72. The Morgan fingerprint density at radius 3 is 2.19 bits per heavy atom. The molecule has 21 heavy (non-hydrogen) atoms. The van der Waals surface area contributed by atoms with Crippen molar-refractivity contribution >= 4 is 38.7 Å². The first-order valence-corrected chi connectivity index (χ1v) is 9.85. The van der Waals surface area contributed by atoms with E-state index < -0.39 is 16.1 Å². The van der Waals surface area contributed by atoms with E-state index in [-0.39, 0.29) is 12.2 Å². The molecule has 0 atom stereocenters. The normalized spacial score (nSPS) is 12.0. The predicted molar refractivity (Wildman–Crippen MR) is 89.7 cm³/mol. The molecule has 0 radical (unpaired) electrons. The van der Waals surface area contributed by atoms with Crippen molar-refractivity contribution in [3.05, 3.63) is 0 Å². The molecule has 0 aliphatic heterocycles. The van der Waals surface area contributed by atoms with Crippen molar-refractivity contribution in [1.29, 1.82) is 0 Å². The Bertz CT molecular complexity index is 380. The Kier molecular flexibility index (Phi) is 12.5. The Morgan fingerprint density at radius 2 is 1.67 bits per heavy atom. The van der Waals surface area contributed by atoms with Gasteiger partial charge in [0.1, 0.15) is 0 Å². The van der Waals surface area contributed by atoms with Gasteiger partial charge in [0.05, 0.1) is 12.2 Å². The molecular formula is C11H24IN3O5S. The maximum absolute atomic E-state index is 10.7. The topological polar surface area (TPSA) is 119 Å². The summed E-state index contributed by atoms with van der Waals surface area (Å²) >= 11 is 2.22. The molecule has 0 aliphatic rings. The van der Waals surface area contributed by atoms with E-state index in [4.69, 9.17) is 9.66 Å². The van der Waals surface area contributed by atoms with Gasteiger partial charge < -0.3 is 20.6 Å². The number of carboxylic acid groups (broad SMARTS) is 1. The molecule has 10 heteroatoms.